The normalized spacial score (nSPS) is 19.1. The van der Waals surface area contributed by atoms with Gasteiger partial charge in [-0.15, -0.1) is 12.4 Å². The van der Waals surface area contributed by atoms with Gasteiger partial charge in [-0.25, -0.2) is 4.98 Å². The van der Waals surface area contributed by atoms with Gasteiger partial charge in [-0.1, -0.05) is 12.1 Å². The highest BCUT2D eigenvalue weighted by Crippen LogP contribution is 2.20. The van der Waals surface area contributed by atoms with Crippen LogP contribution in [-0.2, 0) is 6.54 Å². The number of fused-ring (bicyclic) bond motifs is 1. The number of nitrogens with one attached hydrogen (secondary N) is 2. The van der Waals surface area contributed by atoms with Crippen molar-refractivity contribution in [3.8, 4) is 0 Å². The fraction of sp³-hybridized carbons (Fsp3) is 0.500. The summed E-state index contributed by atoms with van der Waals surface area (Å²) < 4.78 is 2.25. The van der Waals surface area contributed by atoms with E-state index in [1.165, 1.54) is 18.4 Å². The molecule has 4 nitrogen and oxygen atoms in total. The van der Waals surface area contributed by atoms with Crippen LogP contribution < -0.4 is 10.6 Å². The number of para-hydroxylation sites is 2. The molecular weight excluding hydrogens is 260 g/mol. The first-order chi connectivity index (χ1) is 8.88. The quantitative estimate of drug-likeness (QED) is 0.908. The summed E-state index contributed by atoms with van der Waals surface area (Å²) in [7, 11) is 0. The Hall–Kier alpha value is -1.26. The maximum absolute atomic E-state index is 4.70. The molecule has 2 aromatic rings. The number of hydrogen-bond acceptors (Lipinski definition) is 3. The maximum atomic E-state index is 4.70. The lowest BCUT2D eigenvalue weighted by molar-refractivity contribution is 0.476. The van der Waals surface area contributed by atoms with Crippen LogP contribution in [0.5, 0.6) is 0 Å². The fourth-order valence-corrected chi connectivity index (χ4v) is 2.66. The molecule has 1 aliphatic heterocycles. The molecule has 0 saturated carbocycles. The molecule has 1 saturated heterocycles. The van der Waals surface area contributed by atoms with Crippen molar-refractivity contribution < 1.29 is 0 Å². The van der Waals surface area contributed by atoms with Crippen molar-refractivity contribution in [2.75, 3.05) is 18.4 Å². The predicted molar refractivity (Wildman–Crippen MR) is 82.2 cm³/mol. The molecule has 5 heteroatoms. The second-order valence-corrected chi connectivity index (χ2v) is 4.86. The van der Waals surface area contributed by atoms with Crippen molar-refractivity contribution in [1.29, 1.82) is 0 Å². The second kappa shape index (κ2) is 6.26. The Labute approximate surface area is 120 Å². The van der Waals surface area contributed by atoms with E-state index < -0.39 is 0 Å². The van der Waals surface area contributed by atoms with Crippen LogP contribution in [0.3, 0.4) is 0 Å². The third-order valence-corrected chi connectivity index (χ3v) is 3.60. The summed E-state index contributed by atoms with van der Waals surface area (Å²) in [4.78, 5) is 4.70. The summed E-state index contributed by atoms with van der Waals surface area (Å²) in [5.74, 6) is 1.01. The molecule has 1 atom stereocenters. The molecule has 1 aliphatic rings. The van der Waals surface area contributed by atoms with Crippen LogP contribution in [-0.4, -0.2) is 28.7 Å². The summed E-state index contributed by atoms with van der Waals surface area (Å²) in [5.41, 5.74) is 2.29. The first kappa shape index (κ1) is 14.2. The lowest BCUT2D eigenvalue weighted by Crippen LogP contribution is -2.39. The standard InChI is InChI=1S/C14H20N4.ClH/c1-2-18-13-8-4-3-7-12(13)17-14(18)16-11-6-5-9-15-10-11;/h3-4,7-8,11,15H,2,5-6,9-10H2,1H3,(H,16,17);1H. The van der Waals surface area contributed by atoms with Crippen LogP contribution in [0.25, 0.3) is 11.0 Å². The lowest BCUT2D eigenvalue weighted by atomic mass is 10.1. The third-order valence-electron chi connectivity index (χ3n) is 3.60. The first-order valence-corrected chi connectivity index (χ1v) is 6.81. The lowest BCUT2D eigenvalue weighted by Gasteiger charge is -2.24. The molecule has 1 unspecified atom stereocenters. The molecule has 2 heterocycles. The minimum Gasteiger partial charge on any atom is -0.352 e. The van der Waals surface area contributed by atoms with E-state index in [1.807, 2.05) is 6.07 Å². The highest BCUT2D eigenvalue weighted by Gasteiger charge is 2.16. The third kappa shape index (κ3) is 2.85. The summed E-state index contributed by atoms with van der Waals surface area (Å²) in [6.45, 7) is 5.29. The van der Waals surface area contributed by atoms with Crippen molar-refractivity contribution in [2.45, 2.75) is 32.4 Å². The van der Waals surface area contributed by atoms with E-state index in [0.29, 0.717) is 6.04 Å². The van der Waals surface area contributed by atoms with Crippen LogP contribution in [0.1, 0.15) is 19.8 Å². The highest BCUT2D eigenvalue weighted by molar-refractivity contribution is 5.85. The molecule has 0 aliphatic carbocycles. The molecule has 0 radical (unpaired) electrons. The summed E-state index contributed by atoms with van der Waals surface area (Å²) in [6.07, 6.45) is 2.46. The van der Waals surface area contributed by atoms with E-state index in [0.717, 1.165) is 31.1 Å². The zero-order chi connectivity index (χ0) is 12.4. The summed E-state index contributed by atoms with van der Waals surface area (Å²) in [5, 5.41) is 7.01. The Morgan fingerprint density at radius 1 is 1.42 bits per heavy atom. The van der Waals surface area contributed by atoms with Gasteiger partial charge in [-0.2, -0.15) is 0 Å². The number of piperidine rings is 1. The van der Waals surface area contributed by atoms with E-state index >= 15 is 0 Å². The van der Waals surface area contributed by atoms with Gasteiger partial charge in [0.2, 0.25) is 5.95 Å². The summed E-state index contributed by atoms with van der Waals surface area (Å²) in [6, 6.07) is 8.83. The van der Waals surface area contributed by atoms with Crippen LogP contribution in [0.4, 0.5) is 5.95 Å². The summed E-state index contributed by atoms with van der Waals surface area (Å²) >= 11 is 0. The zero-order valence-electron chi connectivity index (χ0n) is 11.2. The monoisotopic (exact) mass is 280 g/mol. The van der Waals surface area contributed by atoms with Gasteiger partial charge < -0.3 is 15.2 Å². The van der Waals surface area contributed by atoms with Gasteiger partial charge >= 0.3 is 0 Å². The Bertz CT molecular complexity index is 531. The average Bonchev–Trinajstić information content (AvgIpc) is 2.77. The highest BCUT2D eigenvalue weighted by atomic mass is 35.5. The maximum Gasteiger partial charge on any atom is 0.204 e. The van der Waals surface area contributed by atoms with E-state index in [1.54, 1.807) is 0 Å². The Kier molecular flexibility index (Phi) is 4.66. The van der Waals surface area contributed by atoms with Crippen LogP contribution in [0.15, 0.2) is 24.3 Å². The number of hydrogen-bond donors (Lipinski definition) is 2. The fourth-order valence-electron chi connectivity index (χ4n) is 2.66. The van der Waals surface area contributed by atoms with Gasteiger partial charge in [0.15, 0.2) is 0 Å². The average molecular weight is 281 g/mol. The molecular formula is C14H21ClN4. The molecule has 2 N–H and O–H groups in total. The van der Waals surface area contributed by atoms with Crippen molar-refractivity contribution in [3.63, 3.8) is 0 Å². The molecule has 1 fully saturated rings. The van der Waals surface area contributed by atoms with Crippen LogP contribution >= 0.6 is 12.4 Å². The van der Waals surface area contributed by atoms with Gasteiger partial charge in [0.25, 0.3) is 0 Å². The SMILES string of the molecule is CCn1c(NC2CCCNC2)nc2ccccc21.Cl. The van der Waals surface area contributed by atoms with Crippen LogP contribution in [0, 0.1) is 0 Å². The topological polar surface area (TPSA) is 41.9 Å². The Balaban J connectivity index is 0.00000133. The number of aromatic nitrogens is 2. The molecule has 104 valence electrons. The molecule has 0 spiro atoms. The smallest absolute Gasteiger partial charge is 0.204 e. The molecule has 1 aromatic carbocycles. The number of imidazole rings is 1. The van der Waals surface area contributed by atoms with Crippen molar-refractivity contribution in [1.82, 2.24) is 14.9 Å². The van der Waals surface area contributed by atoms with Gasteiger partial charge in [-0.3, -0.25) is 0 Å². The minimum absolute atomic E-state index is 0. The number of aryl methyl sites for hydroxylation is 1. The van der Waals surface area contributed by atoms with Gasteiger partial charge in [0.1, 0.15) is 0 Å². The molecule has 3 rings (SSSR count). The van der Waals surface area contributed by atoms with E-state index in [4.69, 9.17) is 4.98 Å². The van der Waals surface area contributed by atoms with Gasteiger partial charge in [0.05, 0.1) is 11.0 Å². The number of rotatable bonds is 3. The van der Waals surface area contributed by atoms with Gasteiger partial charge in [-0.05, 0) is 38.4 Å². The molecule has 0 bridgehead atoms. The number of anilines is 1. The van der Waals surface area contributed by atoms with Crippen molar-refractivity contribution in [3.05, 3.63) is 24.3 Å². The molecule has 1 aromatic heterocycles. The van der Waals surface area contributed by atoms with Crippen molar-refractivity contribution in [2.24, 2.45) is 0 Å². The predicted octanol–water partition coefficient (Wildman–Crippen LogP) is 2.64. The van der Waals surface area contributed by atoms with E-state index in [-0.39, 0.29) is 12.4 Å². The largest absolute Gasteiger partial charge is 0.352 e. The Morgan fingerprint density at radius 3 is 3.00 bits per heavy atom. The molecule has 0 amide bonds. The van der Waals surface area contributed by atoms with Crippen molar-refractivity contribution >= 4 is 29.4 Å². The van der Waals surface area contributed by atoms with E-state index in [2.05, 4.69) is 40.3 Å². The Morgan fingerprint density at radius 2 is 2.26 bits per heavy atom. The number of benzene rings is 1. The molecule has 19 heavy (non-hydrogen) atoms. The number of nitrogens with zero attached hydrogens (tertiary/aromatic N) is 2. The first-order valence-electron chi connectivity index (χ1n) is 6.81. The van der Waals surface area contributed by atoms with Crippen LogP contribution in [0.2, 0.25) is 0 Å². The van der Waals surface area contributed by atoms with Gasteiger partial charge in [0, 0.05) is 19.1 Å². The van der Waals surface area contributed by atoms with E-state index in [9.17, 15) is 0 Å². The number of halogens is 1. The zero-order valence-corrected chi connectivity index (χ0v) is 12.0. The minimum atomic E-state index is 0. The second-order valence-electron chi connectivity index (χ2n) is 4.86.